The Hall–Kier alpha value is -2.04. The zero-order valence-corrected chi connectivity index (χ0v) is 13.0. The third-order valence-corrected chi connectivity index (χ3v) is 4.19. The van der Waals surface area contributed by atoms with Crippen molar-refractivity contribution >= 4 is 11.8 Å². The molecule has 0 bridgehead atoms. The molecule has 1 aliphatic heterocycles. The summed E-state index contributed by atoms with van der Waals surface area (Å²) < 4.78 is 0. The molecular formula is C17H24N2O3. The minimum absolute atomic E-state index is 0.198. The molecule has 1 fully saturated rings. The van der Waals surface area contributed by atoms with Crippen molar-refractivity contribution in [2.75, 3.05) is 13.1 Å². The van der Waals surface area contributed by atoms with Crippen molar-refractivity contribution in [2.45, 2.75) is 45.1 Å². The molecule has 2 rings (SSSR count). The number of nitrogens with one attached hydrogen (secondary N) is 1. The monoisotopic (exact) mass is 304 g/mol. The van der Waals surface area contributed by atoms with Gasteiger partial charge in [0.15, 0.2) is 0 Å². The number of carbonyl (C=O) groups excluding carboxylic acids is 2. The highest BCUT2D eigenvalue weighted by molar-refractivity contribution is 6.35. The molecule has 120 valence electrons. The number of hydrogen-bond donors (Lipinski definition) is 2. The summed E-state index contributed by atoms with van der Waals surface area (Å²) in [5.41, 5.74) is 1.01. The van der Waals surface area contributed by atoms with E-state index in [0.717, 1.165) is 31.2 Å². The molecule has 5 heteroatoms. The zero-order valence-electron chi connectivity index (χ0n) is 13.0. The first-order chi connectivity index (χ1) is 10.6. The normalized spacial score (nSPS) is 18.0. The van der Waals surface area contributed by atoms with Crippen LogP contribution in [0.15, 0.2) is 24.3 Å². The van der Waals surface area contributed by atoms with E-state index >= 15 is 0 Å². The maximum Gasteiger partial charge on any atom is 0.312 e. The molecule has 22 heavy (non-hydrogen) atoms. The summed E-state index contributed by atoms with van der Waals surface area (Å²) in [5.74, 6) is -0.699. The molecule has 1 heterocycles. The average molecular weight is 304 g/mol. The third kappa shape index (κ3) is 4.23. The minimum atomic E-state index is -0.515. The number of carbonyl (C=O) groups is 2. The van der Waals surface area contributed by atoms with Crippen molar-refractivity contribution in [3.05, 3.63) is 29.8 Å². The second-order valence-corrected chi connectivity index (χ2v) is 5.73. The first-order valence-electron chi connectivity index (χ1n) is 7.98. The number of benzene rings is 1. The SMILES string of the molecule is CCC1CCCCN1C(=O)C(=O)NCCc1ccc(O)cc1. The van der Waals surface area contributed by atoms with Crippen LogP contribution < -0.4 is 5.32 Å². The van der Waals surface area contributed by atoms with Crippen molar-refractivity contribution in [3.63, 3.8) is 0 Å². The van der Waals surface area contributed by atoms with Crippen LogP contribution in [-0.4, -0.2) is 41.0 Å². The first kappa shape index (κ1) is 16.3. The van der Waals surface area contributed by atoms with Crippen LogP contribution in [0.25, 0.3) is 0 Å². The highest BCUT2D eigenvalue weighted by Gasteiger charge is 2.29. The lowest BCUT2D eigenvalue weighted by atomic mass is 10.00. The third-order valence-electron chi connectivity index (χ3n) is 4.19. The van der Waals surface area contributed by atoms with Crippen LogP contribution >= 0.6 is 0 Å². The van der Waals surface area contributed by atoms with E-state index < -0.39 is 11.8 Å². The summed E-state index contributed by atoms with van der Waals surface area (Å²) >= 11 is 0. The van der Waals surface area contributed by atoms with Crippen LogP contribution in [0.1, 0.15) is 38.2 Å². The predicted molar refractivity (Wildman–Crippen MR) is 84.5 cm³/mol. The van der Waals surface area contributed by atoms with Gasteiger partial charge >= 0.3 is 11.8 Å². The molecule has 0 spiro atoms. The van der Waals surface area contributed by atoms with E-state index in [1.807, 2.05) is 0 Å². The Morgan fingerprint density at radius 2 is 2.00 bits per heavy atom. The summed E-state index contributed by atoms with van der Waals surface area (Å²) in [7, 11) is 0. The van der Waals surface area contributed by atoms with E-state index in [1.165, 1.54) is 0 Å². The Labute approximate surface area is 131 Å². The van der Waals surface area contributed by atoms with Gasteiger partial charge in [-0.1, -0.05) is 19.1 Å². The average Bonchev–Trinajstić information content (AvgIpc) is 2.55. The van der Waals surface area contributed by atoms with Gasteiger partial charge < -0.3 is 15.3 Å². The fourth-order valence-corrected chi connectivity index (χ4v) is 2.88. The van der Waals surface area contributed by atoms with Crippen LogP contribution in [-0.2, 0) is 16.0 Å². The summed E-state index contributed by atoms with van der Waals surface area (Å²) in [6.45, 7) is 3.15. The topological polar surface area (TPSA) is 69.6 Å². The van der Waals surface area contributed by atoms with Crippen molar-refractivity contribution < 1.29 is 14.7 Å². The summed E-state index contributed by atoms with van der Waals surface area (Å²) in [5, 5.41) is 11.9. The van der Waals surface area contributed by atoms with Crippen LogP contribution in [0, 0.1) is 0 Å². The molecule has 1 saturated heterocycles. The van der Waals surface area contributed by atoms with Gasteiger partial charge in [-0.05, 0) is 49.8 Å². The Kier molecular flexibility index (Phi) is 5.81. The van der Waals surface area contributed by atoms with E-state index in [4.69, 9.17) is 0 Å². The standard InChI is InChI=1S/C17H24N2O3/c1-2-14-5-3-4-12-19(14)17(22)16(21)18-11-10-13-6-8-15(20)9-7-13/h6-9,14,20H,2-5,10-12H2,1H3,(H,18,21). The van der Waals surface area contributed by atoms with E-state index in [0.29, 0.717) is 19.5 Å². The fourth-order valence-electron chi connectivity index (χ4n) is 2.88. The second kappa shape index (κ2) is 7.82. The van der Waals surface area contributed by atoms with E-state index in [2.05, 4.69) is 12.2 Å². The van der Waals surface area contributed by atoms with Gasteiger partial charge in [-0.25, -0.2) is 0 Å². The lowest BCUT2D eigenvalue weighted by Gasteiger charge is -2.34. The molecule has 1 aromatic rings. The molecule has 5 nitrogen and oxygen atoms in total. The maximum atomic E-state index is 12.2. The van der Waals surface area contributed by atoms with Crippen molar-refractivity contribution in [3.8, 4) is 5.75 Å². The van der Waals surface area contributed by atoms with Gasteiger partial charge in [0.05, 0.1) is 0 Å². The highest BCUT2D eigenvalue weighted by atomic mass is 16.3. The number of phenolic OH excluding ortho intramolecular Hbond substituents is 1. The molecule has 1 aromatic carbocycles. The van der Waals surface area contributed by atoms with Gasteiger partial charge in [0.2, 0.25) is 0 Å². The molecule has 0 aliphatic carbocycles. The van der Waals surface area contributed by atoms with E-state index in [9.17, 15) is 14.7 Å². The number of nitrogens with zero attached hydrogens (tertiary/aromatic N) is 1. The van der Waals surface area contributed by atoms with E-state index in [-0.39, 0.29) is 11.8 Å². The zero-order chi connectivity index (χ0) is 15.9. The van der Waals surface area contributed by atoms with Gasteiger partial charge in [-0.2, -0.15) is 0 Å². The van der Waals surface area contributed by atoms with Gasteiger partial charge in [-0.3, -0.25) is 9.59 Å². The molecule has 0 radical (unpaired) electrons. The smallest absolute Gasteiger partial charge is 0.312 e. The van der Waals surface area contributed by atoms with Crippen molar-refractivity contribution in [1.82, 2.24) is 10.2 Å². The molecule has 0 saturated carbocycles. The number of phenols is 1. The number of amides is 2. The molecule has 1 unspecified atom stereocenters. The lowest BCUT2D eigenvalue weighted by Crippen LogP contribution is -2.50. The van der Waals surface area contributed by atoms with Gasteiger partial charge in [0.1, 0.15) is 5.75 Å². The molecule has 1 aliphatic rings. The van der Waals surface area contributed by atoms with Crippen LogP contribution in [0.4, 0.5) is 0 Å². The fraction of sp³-hybridized carbons (Fsp3) is 0.529. The van der Waals surface area contributed by atoms with Crippen LogP contribution in [0.5, 0.6) is 5.75 Å². The molecule has 2 N–H and O–H groups in total. The van der Waals surface area contributed by atoms with Crippen LogP contribution in [0.2, 0.25) is 0 Å². The van der Waals surface area contributed by atoms with Gasteiger partial charge in [-0.15, -0.1) is 0 Å². The highest BCUT2D eigenvalue weighted by Crippen LogP contribution is 2.19. The second-order valence-electron chi connectivity index (χ2n) is 5.73. The number of hydrogen-bond acceptors (Lipinski definition) is 3. The number of likely N-dealkylation sites (tertiary alicyclic amines) is 1. The molecular weight excluding hydrogens is 280 g/mol. The molecule has 1 atom stereocenters. The first-order valence-corrected chi connectivity index (χ1v) is 7.98. The van der Waals surface area contributed by atoms with Gasteiger partial charge in [0.25, 0.3) is 0 Å². The number of aromatic hydroxyl groups is 1. The lowest BCUT2D eigenvalue weighted by molar-refractivity contribution is -0.148. The number of rotatable bonds is 4. The Morgan fingerprint density at radius 3 is 2.68 bits per heavy atom. The largest absolute Gasteiger partial charge is 0.508 e. The van der Waals surface area contributed by atoms with Gasteiger partial charge in [0, 0.05) is 19.1 Å². The Balaban J connectivity index is 1.81. The Morgan fingerprint density at radius 1 is 1.27 bits per heavy atom. The maximum absolute atomic E-state index is 12.2. The summed E-state index contributed by atoms with van der Waals surface area (Å²) in [4.78, 5) is 26.0. The summed E-state index contributed by atoms with van der Waals surface area (Å²) in [6.07, 6.45) is 4.62. The molecule has 2 amide bonds. The van der Waals surface area contributed by atoms with E-state index in [1.54, 1.807) is 29.2 Å². The van der Waals surface area contributed by atoms with Crippen LogP contribution in [0.3, 0.4) is 0 Å². The molecule has 0 aromatic heterocycles. The Bertz CT molecular complexity index is 513. The summed E-state index contributed by atoms with van der Waals surface area (Å²) in [6, 6.07) is 7.04. The van der Waals surface area contributed by atoms with Crippen molar-refractivity contribution in [2.24, 2.45) is 0 Å². The van der Waals surface area contributed by atoms with Crippen molar-refractivity contribution in [1.29, 1.82) is 0 Å². The number of piperidine rings is 1. The minimum Gasteiger partial charge on any atom is -0.508 e. The quantitative estimate of drug-likeness (QED) is 0.834. The predicted octanol–water partition coefficient (Wildman–Crippen LogP) is 1.84.